The molecule has 0 aliphatic heterocycles. The highest BCUT2D eigenvalue weighted by Crippen LogP contribution is 2.16. The summed E-state index contributed by atoms with van der Waals surface area (Å²) >= 11 is 0. The van der Waals surface area contributed by atoms with Crippen LogP contribution in [0.4, 0.5) is 0 Å². The number of hydrogen-bond acceptors (Lipinski definition) is 3. The van der Waals surface area contributed by atoms with Gasteiger partial charge in [-0.05, 0) is 31.2 Å². The molecule has 0 heterocycles. The van der Waals surface area contributed by atoms with Crippen molar-refractivity contribution in [3.8, 4) is 11.5 Å². The molecule has 0 fully saturated rings. The number of hydrogen-bond donors (Lipinski definition) is 0. The molecule has 0 aliphatic rings. The normalized spacial score (nSPS) is 10.1. The topological polar surface area (TPSA) is 35.5 Å². The van der Waals surface area contributed by atoms with Gasteiger partial charge in [0.1, 0.15) is 11.5 Å². The van der Waals surface area contributed by atoms with Crippen molar-refractivity contribution in [3.63, 3.8) is 0 Å². The van der Waals surface area contributed by atoms with Crippen LogP contribution in [0.2, 0.25) is 0 Å². The number of rotatable bonds is 7. The van der Waals surface area contributed by atoms with Gasteiger partial charge in [-0.25, -0.2) is 0 Å². The Labute approximate surface area is 119 Å². The van der Waals surface area contributed by atoms with Gasteiger partial charge in [-0.1, -0.05) is 29.8 Å². The van der Waals surface area contributed by atoms with Gasteiger partial charge in [0.15, 0.2) is 6.29 Å². The molecule has 0 bridgehead atoms. The van der Waals surface area contributed by atoms with Gasteiger partial charge in [0.2, 0.25) is 0 Å². The summed E-state index contributed by atoms with van der Waals surface area (Å²) < 4.78 is 11.2. The zero-order valence-corrected chi connectivity index (χ0v) is 11.5. The van der Waals surface area contributed by atoms with Crippen LogP contribution in [-0.2, 0) is 0 Å². The molecular formula is C17H18O3. The summed E-state index contributed by atoms with van der Waals surface area (Å²) in [5, 5.41) is 0. The van der Waals surface area contributed by atoms with Gasteiger partial charge in [-0.15, -0.1) is 0 Å². The molecule has 0 atom stereocenters. The number of benzene rings is 2. The molecule has 0 N–H and O–H groups in total. The Balaban J connectivity index is 1.71. The van der Waals surface area contributed by atoms with Gasteiger partial charge in [0.05, 0.1) is 18.8 Å². The summed E-state index contributed by atoms with van der Waals surface area (Å²) in [6.07, 6.45) is 1.57. The van der Waals surface area contributed by atoms with Gasteiger partial charge >= 0.3 is 0 Å². The van der Waals surface area contributed by atoms with Crippen molar-refractivity contribution >= 4 is 6.29 Å². The zero-order chi connectivity index (χ0) is 14.2. The van der Waals surface area contributed by atoms with E-state index in [2.05, 4.69) is 0 Å². The van der Waals surface area contributed by atoms with Crippen LogP contribution in [-0.4, -0.2) is 19.5 Å². The Hall–Kier alpha value is -2.29. The molecule has 2 aromatic rings. The molecular weight excluding hydrogens is 252 g/mol. The molecule has 3 nitrogen and oxygen atoms in total. The lowest BCUT2D eigenvalue weighted by molar-refractivity contribution is 0.111. The van der Waals surface area contributed by atoms with Crippen LogP contribution < -0.4 is 9.47 Å². The van der Waals surface area contributed by atoms with E-state index < -0.39 is 0 Å². The molecule has 104 valence electrons. The highest BCUT2D eigenvalue weighted by Gasteiger charge is 2.01. The first-order valence-corrected chi connectivity index (χ1v) is 6.66. The molecule has 0 aliphatic carbocycles. The molecule has 3 heteroatoms. The second-order valence-corrected chi connectivity index (χ2v) is 4.52. The number of aryl methyl sites for hydroxylation is 1. The highest BCUT2D eigenvalue weighted by molar-refractivity contribution is 5.79. The first-order chi connectivity index (χ1) is 9.79. The fraction of sp³-hybridized carbons (Fsp3) is 0.235. The summed E-state index contributed by atoms with van der Waals surface area (Å²) in [6.45, 7) is 3.16. The monoisotopic (exact) mass is 270 g/mol. The Morgan fingerprint density at radius 2 is 1.65 bits per heavy atom. The van der Waals surface area contributed by atoms with Crippen LogP contribution >= 0.6 is 0 Å². The van der Waals surface area contributed by atoms with E-state index in [1.807, 2.05) is 43.3 Å². The zero-order valence-electron chi connectivity index (χ0n) is 11.5. The molecule has 2 rings (SSSR count). The van der Waals surface area contributed by atoms with E-state index in [0.717, 1.165) is 18.5 Å². The minimum absolute atomic E-state index is 0.525. The van der Waals surface area contributed by atoms with Crippen LogP contribution in [0.5, 0.6) is 11.5 Å². The minimum atomic E-state index is 0.525. The maximum Gasteiger partial charge on any atom is 0.153 e. The average molecular weight is 270 g/mol. The largest absolute Gasteiger partial charge is 0.493 e. The fourth-order valence-electron chi connectivity index (χ4n) is 1.77. The van der Waals surface area contributed by atoms with Crippen LogP contribution in [0.3, 0.4) is 0 Å². The van der Waals surface area contributed by atoms with Crippen LogP contribution in [0, 0.1) is 6.92 Å². The van der Waals surface area contributed by atoms with E-state index in [1.165, 1.54) is 5.56 Å². The van der Waals surface area contributed by atoms with Crippen LogP contribution in [0.1, 0.15) is 22.3 Å². The predicted molar refractivity (Wildman–Crippen MR) is 78.6 cm³/mol. The Kier molecular flexibility index (Phi) is 5.18. The lowest BCUT2D eigenvalue weighted by Crippen LogP contribution is -2.06. The van der Waals surface area contributed by atoms with Gasteiger partial charge in [-0.2, -0.15) is 0 Å². The quantitative estimate of drug-likeness (QED) is 0.569. The summed E-state index contributed by atoms with van der Waals surface area (Å²) in [5.74, 6) is 1.49. The number of carbonyl (C=O) groups is 1. The van der Waals surface area contributed by atoms with E-state index >= 15 is 0 Å². The number of aldehydes is 1. The second-order valence-electron chi connectivity index (χ2n) is 4.52. The third-order valence-electron chi connectivity index (χ3n) is 2.88. The van der Waals surface area contributed by atoms with Crippen molar-refractivity contribution in [2.24, 2.45) is 0 Å². The maximum absolute atomic E-state index is 10.8. The summed E-state index contributed by atoms with van der Waals surface area (Å²) in [5.41, 5.74) is 1.79. The molecule has 0 radical (unpaired) electrons. The highest BCUT2D eigenvalue weighted by atomic mass is 16.5. The molecule has 2 aromatic carbocycles. The maximum atomic E-state index is 10.8. The third kappa shape index (κ3) is 4.12. The Bertz CT molecular complexity index is 546. The van der Waals surface area contributed by atoms with Gasteiger partial charge in [0, 0.05) is 6.42 Å². The first-order valence-electron chi connectivity index (χ1n) is 6.66. The van der Waals surface area contributed by atoms with Crippen LogP contribution in [0.25, 0.3) is 0 Å². The third-order valence-corrected chi connectivity index (χ3v) is 2.88. The minimum Gasteiger partial charge on any atom is -0.493 e. The summed E-state index contributed by atoms with van der Waals surface area (Å²) in [7, 11) is 0. The van der Waals surface area contributed by atoms with Crippen molar-refractivity contribution in [2.45, 2.75) is 13.3 Å². The number of ether oxygens (including phenoxy) is 2. The molecule has 0 unspecified atom stereocenters. The van der Waals surface area contributed by atoms with Crippen LogP contribution in [0.15, 0.2) is 48.5 Å². The summed E-state index contributed by atoms with van der Waals surface area (Å²) in [6, 6.07) is 15.2. The number of carbonyl (C=O) groups excluding carboxylic acids is 1. The fourth-order valence-corrected chi connectivity index (χ4v) is 1.77. The predicted octanol–water partition coefficient (Wildman–Crippen LogP) is 3.66. The first kappa shape index (κ1) is 14.1. The lowest BCUT2D eigenvalue weighted by Gasteiger charge is -2.09. The molecule has 20 heavy (non-hydrogen) atoms. The van der Waals surface area contributed by atoms with Crippen molar-refractivity contribution < 1.29 is 14.3 Å². The molecule has 0 spiro atoms. The van der Waals surface area contributed by atoms with E-state index in [-0.39, 0.29) is 0 Å². The summed E-state index contributed by atoms with van der Waals surface area (Å²) in [4.78, 5) is 10.8. The van der Waals surface area contributed by atoms with Gasteiger partial charge in [-0.3, -0.25) is 4.79 Å². The molecule has 0 aromatic heterocycles. The molecule has 0 amide bonds. The Morgan fingerprint density at radius 1 is 0.950 bits per heavy atom. The smallest absolute Gasteiger partial charge is 0.153 e. The second kappa shape index (κ2) is 7.34. The Morgan fingerprint density at radius 3 is 2.40 bits per heavy atom. The van der Waals surface area contributed by atoms with Crippen molar-refractivity contribution in [1.29, 1.82) is 0 Å². The number of para-hydroxylation sites is 1. The molecule has 0 saturated heterocycles. The SMILES string of the molecule is Cc1ccc(OCCCOc2ccccc2C=O)cc1. The van der Waals surface area contributed by atoms with Crippen molar-refractivity contribution in [2.75, 3.05) is 13.2 Å². The van der Waals surface area contributed by atoms with E-state index in [1.54, 1.807) is 12.1 Å². The lowest BCUT2D eigenvalue weighted by atomic mass is 10.2. The van der Waals surface area contributed by atoms with Crippen molar-refractivity contribution in [1.82, 2.24) is 0 Å². The van der Waals surface area contributed by atoms with Gasteiger partial charge in [0.25, 0.3) is 0 Å². The molecule has 0 saturated carbocycles. The van der Waals surface area contributed by atoms with Crippen molar-refractivity contribution in [3.05, 3.63) is 59.7 Å². The average Bonchev–Trinajstić information content (AvgIpc) is 2.49. The standard InChI is InChI=1S/C17H18O3/c1-14-7-9-16(10-8-14)19-11-4-12-20-17-6-3-2-5-15(17)13-18/h2-3,5-10,13H,4,11-12H2,1H3. The van der Waals surface area contributed by atoms with E-state index in [9.17, 15) is 4.79 Å². The van der Waals surface area contributed by atoms with Gasteiger partial charge < -0.3 is 9.47 Å². The van der Waals surface area contributed by atoms with E-state index in [4.69, 9.17) is 9.47 Å². The van der Waals surface area contributed by atoms with E-state index in [0.29, 0.717) is 24.5 Å².